The van der Waals surface area contributed by atoms with E-state index in [9.17, 15) is 4.79 Å². The topological polar surface area (TPSA) is 56.1 Å². The lowest BCUT2D eigenvalue weighted by atomic mass is 9.95. The molecule has 1 aromatic carbocycles. The number of amides is 1. The number of hydrogen-bond acceptors (Lipinski definition) is 3. The molecule has 1 aromatic heterocycles. The zero-order valence-electron chi connectivity index (χ0n) is 13.8. The Bertz CT molecular complexity index is 659. The molecule has 0 radical (unpaired) electrons. The summed E-state index contributed by atoms with van der Waals surface area (Å²) in [6.07, 6.45) is 9.15. The normalized spacial score (nSPS) is 15.9. The summed E-state index contributed by atoms with van der Waals surface area (Å²) in [7, 11) is 1.67. The number of hydrogen-bond donors (Lipinski definition) is 1. The lowest BCUT2D eigenvalue weighted by molar-refractivity contribution is 0.0948. The second kappa shape index (κ2) is 7.59. The summed E-state index contributed by atoms with van der Waals surface area (Å²) in [5.41, 5.74) is 2.71. The number of rotatable bonds is 6. The van der Waals surface area contributed by atoms with Crippen LogP contribution in [0.3, 0.4) is 0 Å². The fraction of sp³-hybridized carbons (Fsp3) is 0.556. The zero-order valence-corrected chi connectivity index (χ0v) is 13.8. The fourth-order valence-electron chi connectivity index (χ4n) is 3.34. The highest BCUT2D eigenvalue weighted by Gasteiger charge is 2.17. The zero-order chi connectivity index (χ0) is 16.1. The van der Waals surface area contributed by atoms with Crippen LogP contribution in [0.2, 0.25) is 0 Å². The van der Waals surface area contributed by atoms with E-state index in [1.165, 1.54) is 32.1 Å². The predicted molar refractivity (Wildman–Crippen MR) is 90.7 cm³/mol. The number of nitrogens with zero attached hydrogens (tertiary/aromatic N) is 2. The molecule has 1 heterocycles. The number of carbonyl (C=O) groups excluding carboxylic acids is 1. The van der Waals surface area contributed by atoms with Crippen molar-refractivity contribution < 1.29 is 9.53 Å². The number of benzene rings is 1. The van der Waals surface area contributed by atoms with Crippen LogP contribution in [0.4, 0.5) is 0 Å². The summed E-state index contributed by atoms with van der Waals surface area (Å²) in [6, 6.07) is 6.37. The Morgan fingerprint density at radius 3 is 2.96 bits per heavy atom. The van der Waals surface area contributed by atoms with Crippen molar-refractivity contribution in [3.05, 3.63) is 30.1 Å². The average molecular weight is 315 g/mol. The van der Waals surface area contributed by atoms with Gasteiger partial charge in [-0.2, -0.15) is 0 Å². The van der Waals surface area contributed by atoms with E-state index in [-0.39, 0.29) is 5.91 Å². The number of fused-ring (bicyclic) bond motifs is 1. The second-order valence-electron chi connectivity index (χ2n) is 6.25. The molecule has 23 heavy (non-hydrogen) atoms. The van der Waals surface area contributed by atoms with Crippen LogP contribution in [0.25, 0.3) is 11.0 Å². The summed E-state index contributed by atoms with van der Waals surface area (Å²) in [4.78, 5) is 16.7. The first-order valence-corrected chi connectivity index (χ1v) is 8.53. The van der Waals surface area contributed by atoms with E-state index in [1.54, 1.807) is 7.11 Å². The Morgan fingerprint density at radius 2 is 2.17 bits per heavy atom. The molecule has 0 saturated heterocycles. The molecule has 1 aliphatic carbocycles. The molecule has 0 aliphatic heterocycles. The highest BCUT2D eigenvalue weighted by Crippen LogP contribution is 2.30. The monoisotopic (exact) mass is 315 g/mol. The van der Waals surface area contributed by atoms with Gasteiger partial charge in [0, 0.05) is 31.9 Å². The first-order valence-electron chi connectivity index (χ1n) is 8.53. The van der Waals surface area contributed by atoms with E-state index in [0.717, 1.165) is 17.5 Å². The molecule has 1 aliphatic rings. The number of aromatic nitrogens is 2. The van der Waals surface area contributed by atoms with Crippen LogP contribution in [-0.2, 0) is 4.74 Å². The highest BCUT2D eigenvalue weighted by molar-refractivity contribution is 5.97. The summed E-state index contributed by atoms with van der Waals surface area (Å²) in [6.45, 7) is 1.28. The Kier molecular flexibility index (Phi) is 5.28. The maximum Gasteiger partial charge on any atom is 0.251 e. The van der Waals surface area contributed by atoms with Gasteiger partial charge in [-0.15, -0.1) is 0 Å². The number of carbonyl (C=O) groups is 1. The van der Waals surface area contributed by atoms with Crippen molar-refractivity contribution in [3.63, 3.8) is 0 Å². The molecule has 1 saturated carbocycles. The van der Waals surface area contributed by atoms with Crippen LogP contribution in [-0.4, -0.2) is 35.7 Å². The second-order valence-corrected chi connectivity index (χ2v) is 6.25. The number of nitrogens with one attached hydrogen (secondary N) is 1. The average Bonchev–Trinajstić information content (AvgIpc) is 3.02. The molecule has 0 spiro atoms. The molecule has 0 unspecified atom stereocenters. The van der Waals surface area contributed by atoms with E-state index in [1.807, 2.05) is 24.5 Å². The maximum atomic E-state index is 12.2. The SMILES string of the molecule is COCCCNC(=O)c1ccc2c(c1)ncn2C1CCCCC1. The summed E-state index contributed by atoms with van der Waals surface area (Å²) in [5.74, 6) is -0.0461. The Morgan fingerprint density at radius 1 is 1.35 bits per heavy atom. The van der Waals surface area contributed by atoms with Gasteiger partial charge >= 0.3 is 0 Å². The van der Waals surface area contributed by atoms with Crippen molar-refractivity contribution in [2.24, 2.45) is 0 Å². The Labute approximate surface area is 137 Å². The molecule has 0 atom stereocenters. The van der Waals surface area contributed by atoms with Crippen molar-refractivity contribution in [2.75, 3.05) is 20.3 Å². The summed E-state index contributed by atoms with van der Waals surface area (Å²) in [5, 5.41) is 2.92. The van der Waals surface area contributed by atoms with E-state index in [0.29, 0.717) is 24.8 Å². The van der Waals surface area contributed by atoms with E-state index < -0.39 is 0 Å². The van der Waals surface area contributed by atoms with Crippen molar-refractivity contribution in [1.29, 1.82) is 0 Å². The van der Waals surface area contributed by atoms with Gasteiger partial charge in [0.2, 0.25) is 0 Å². The lowest BCUT2D eigenvalue weighted by Crippen LogP contribution is -2.25. The van der Waals surface area contributed by atoms with Gasteiger partial charge in [0.05, 0.1) is 17.4 Å². The number of methoxy groups -OCH3 is 1. The quantitative estimate of drug-likeness (QED) is 0.832. The van der Waals surface area contributed by atoms with Gasteiger partial charge < -0.3 is 14.6 Å². The molecular weight excluding hydrogens is 290 g/mol. The Hall–Kier alpha value is -1.88. The molecule has 0 bridgehead atoms. The fourth-order valence-corrected chi connectivity index (χ4v) is 3.34. The lowest BCUT2D eigenvalue weighted by Gasteiger charge is -2.23. The van der Waals surface area contributed by atoms with Gasteiger partial charge in [-0.05, 0) is 37.5 Å². The summed E-state index contributed by atoms with van der Waals surface area (Å²) >= 11 is 0. The van der Waals surface area contributed by atoms with Gasteiger partial charge in [0.1, 0.15) is 0 Å². The van der Waals surface area contributed by atoms with Crippen molar-refractivity contribution >= 4 is 16.9 Å². The Balaban J connectivity index is 1.71. The van der Waals surface area contributed by atoms with Crippen molar-refractivity contribution in [2.45, 2.75) is 44.6 Å². The van der Waals surface area contributed by atoms with Crippen molar-refractivity contribution in [1.82, 2.24) is 14.9 Å². The molecular formula is C18H25N3O2. The van der Waals surface area contributed by atoms with Gasteiger partial charge in [0.15, 0.2) is 0 Å². The van der Waals surface area contributed by atoms with Crippen LogP contribution in [0.15, 0.2) is 24.5 Å². The van der Waals surface area contributed by atoms with Crippen LogP contribution >= 0.6 is 0 Å². The third-order valence-electron chi connectivity index (χ3n) is 4.62. The van der Waals surface area contributed by atoms with Gasteiger partial charge in [-0.25, -0.2) is 4.98 Å². The van der Waals surface area contributed by atoms with Crippen LogP contribution in [0, 0.1) is 0 Å². The van der Waals surface area contributed by atoms with Gasteiger partial charge in [0.25, 0.3) is 5.91 Å². The first-order chi connectivity index (χ1) is 11.3. The minimum absolute atomic E-state index is 0.0461. The third-order valence-corrected chi connectivity index (χ3v) is 4.62. The van der Waals surface area contributed by atoms with E-state index >= 15 is 0 Å². The van der Waals surface area contributed by atoms with Crippen LogP contribution in [0.5, 0.6) is 0 Å². The first kappa shape index (κ1) is 16.0. The molecule has 2 aromatic rings. The molecule has 124 valence electrons. The molecule has 3 rings (SSSR count). The van der Waals surface area contributed by atoms with Gasteiger partial charge in [-0.1, -0.05) is 19.3 Å². The van der Waals surface area contributed by atoms with Crippen LogP contribution in [0.1, 0.15) is 54.9 Å². The molecule has 5 nitrogen and oxygen atoms in total. The van der Waals surface area contributed by atoms with E-state index in [4.69, 9.17) is 4.74 Å². The molecule has 1 N–H and O–H groups in total. The minimum Gasteiger partial charge on any atom is -0.385 e. The van der Waals surface area contributed by atoms with Gasteiger partial charge in [-0.3, -0.25) is 4.79 Å². The minimum atomic E-state index is -0.0461. The number of imidazole rings is 1. The molecule has 1 amide bonds. The highest BCUT2D eigenvalue weighted by atomic mass is 16.5. The standard InChI is InChI=1S/C18H25N3O2/c1-23-11-5-10-19-18(22)14-8-9-17-16(12-14)20-13-21(17)15-6-3-2-4-7-15/h8-9,12-13,15H,2-7,10-11H2,1H3,(H,19,22). The third kappa shape index (κ3) is 3.72. The predicted octanol–water partition coefficient (Wildman–Crippen LogP) is 3.31. The summed E-state index contributed by atoms with van der Waals surface area (Å²) < 4.78 is 7.27. The maximum absolute atomic E-state index is 12.2. The van der Waals surface area contributed by atoms with Crippen LogP contribution < -0.4 is 5.32 Å². The largest absolute Gasteiger partial charge is 0.385 e. The number of ether oxygens (including phenoxy) is 1. The van der Waals surface area contributed by atoms with E-state index in [2.05, 4.69) is 14.9 Å². The smallest absolute Gasteiger partial charge is 0.251 e. The van der Waals surface area contributed by atoms with Crippen molar-refractivity contribution in [3.8, 4) is 0 Å². The molecule has 5 heteroatoms. The molecule has 1 fully saturated rings.